The van der Waals surface area contributed by atoms with Crippen molar-refractivity contribution in [1.29, 1.82) is 0 Å². The Morgan fingerprint density at radius 2 is 2.00 bits per heavy atom. The number of carbonyl (C=O) groups is 1. The Morgan fingerprint density at radius 1 is 1.29 bits per heavy atom. The molecule has 0 bridgehead atoms. The van der Waals surface area contributed by atoms with Gasteiger partial charge >= 0.3 is 6.61 Å². The van der Waals surface area contributed by atoms with Crippen molar-refractivity contribution in [3.63, 3.8) is 0 Å². The van der Waals surface area contributed by atoms with Crippen molar-refractivity contribution in [2.45, 2.75) is 20.0 Å². The Labute approximate surface area is 120 Å². The molecule has 0 aliphatic rings. The molecule has 0 spiro atoms. The summed E-state index contributed by atoms with van der Waals surface area (Å²) < 4.78 is 28.8. The standard InChI is InChI=1S/C15H14F2N2O2/c1-10-4-6-11(7-5-10)9-13(20)19-14-12(21-15(16)17)3-2-8-18-14/h2-8,15H,9H2,1H3,(H,18,19,20). The van der Waals surface area contributed by atoms with Crippen LogP contribution in [-0.2, 0) is 11.2 Å². The van der Waals surface area contributed by atoms with Gasteiger partial charge in [-0.1, -0.05) is 29.8 Å². The van der Waals surface area contributed by atoms with Crippen molar-refractivity contribution in [3.8, 4) is 5.75 Å². The largest absolute Gasteiger partial charge is 0.431 e. The number of nitrogens with one attached hydrogen (secondary N) is 1. The Morgan fingerprint density at radius 3 is 2.67 bits per heavy atom. The summed E-state index contributed by atoms with van der Waals surface area (Å²) in [6.07, 6.45) is 1.52. The number of hydrogen-bond donors (Lipinski definition) is 1. The van der Waals surface area contributed by atoms with Gasteiger partial charge in [0.15, 0.2) is 11.6 Å². The molecule has 2 rings (SSSR count). The summed E-state index contributed by atoms with van der Waals surface area (Å²) in [5.74, 6) is -0.531. The predicted octanol–water partition coefficient (Wildman–Crippen LogP) is 3.17. The second kappa shape index (κ2) is 6.78. The Balaban J connectivity index is 2.04. The highest BCUT2D eigenvalue weighted by Crippen LogP contribution is 2.23. The van der Waals surface area contributed by atoms with E-state index in [-0.39, 0.29) is 23.9 Å². The summed E-state index contributed by atoms with van der Waals surface area (Å²) in [4.78, 5) is 15.7. The number of alkyl halides is 2. The number of anilines is 1. The zero-order valence-corrected chi connectivity index (χ0v) is 11.3. The number of ether oxygens (including phenoxy) is 1. The number of aromatic nitrogens is 1. The fourth-order valence-corrected chi connectivity index (χ4v) is 1.74. The van der Waals surface area contributed by atoms with E-state index in [0.717, 1.165) is 11.1 Å². The average molecular weight is 292 g/mol. The summed E-state index contributed by atoms with van der Waals surface area (Å²) in [6.45, 7) is -1.02. The summed E-state index contributed by atoms with van der Waals surface area (Å²) in [5.41, 5.74) is 1.92. The topological polar surface area (TPSA) is 51.2 Å². The second-order valence-corrected chi connectivity index (χ2v) is 4.44. The Bertz CT molecular complexity index is 615. The third kappa shape index (κ3) is 4.52. The number of nitrogens with zero attached hydrogens (tertiary/aromatic N) is 1. The number of benzene rings is 1. The molecule has 6 heteroatoms. The molecule has 110 valence electrons. The molecule has 0 aliphatic heterocycles. The lowest BCUT2D eigenvalue weighted by molar-refractivity contribution is -0.115. The van der Waals surface area contributed by atoms with Gasteiger partial charge in [0.1, 0.15) is 0 Å². The molecule has 4 nitrogen and oxygen atoms in total. The summed E-state index contributed by atoms with van der Waals surface area (Å²) in [6, 6.07) is 10.2. The summed E-state index contributed by atoms with van der Waals surface area (Å²) >= 11 is 0. The van der Waals surface area contributed by atoms with E-state index in [4.69, 9.17) is 0 Å². The van der Waals surface area contributed by atoms with Crippen LogP contribution in [0.25, 0.3) is 0 Å². The van der Waals surface area contributed by atoms with Crippen LogP contribution in [0.15, 0.2) is 42.6 Å². The van der Waals surface area contributed by atoms with Gasteiger partial charge in [0.25, 0.3) is 0 Å². The molecule has 1 heterocycles. The number of hydrogen-bond acceptors (Lipinski definition) is 3. The van der Waals surface area contributed by atoms with Crippen LogP contribution in [0.2, 0.25) is 0 Å². The molecule has 1 N–H and O–H groups in total. The van der Waals surface area contributed by atoms with E-state index in [1.807, 2.05) is 31.2 Å². The lowest BCUT2D eigenvalue weighted by Crippen LogP contribution is -2.16. The molecule has 0 atom stereocenters. The van der Waals surface area contributed by atoms with Crippen LogP contribution in [0, 0.1) is 6.92 Å². The van der Waals surface area contributed by atoms with Crippen LogP contribution in [0.5, 0.6) is 5.75 Å². The number of rotatable bonds is 5. The molecule has 0 radical (unpaired) electrons. The van der Waals surface area contributed by atoms with Gasteiger partial charge < -0.3 is 10.1 Å². The first-order chi connectivity index (χ1) is 10.0. The first-order valence-electron chi connectivity index (χ1n) is 6.30. The van der Waals surface area contributed by atoms with Crippen molar-refractivity contribution in [2.75, 3.05) is 5.32 Å². The van der Waals surface area contributed by atoms with Gasteiger partial charge in [-0.05, 0) is 24.6 Å². The van der Waals surface area contributed by atoms with E-state index in [9.17, 15) is 13.6 Å². The minimum absolute atomic E-state index is 0.0186. The third-order valence-corrected chi connectivity index (χ3v) is 2.73. The van der Waals surface area contributed by atoms with Crippen molar-refractivity contribution >= 4 is 11.7 Å². The van der Waals surface area contributed by atoms with E-state index >= 15 is 0 Å². The van der Waals surface area contributed by atoms with E-state index in [0.29, 0.717) is 0 Å². The maximum absolute atomic E-state index is 12.3. The van der Waals surface area contributed by atoms with E-state index in [2.05, 4.69) is 15.0 Å². The van der Waals surface area contributed by atoms with Crippen LogP contribution in [-0.4, -0.2) is 17.5 Å². The molecule has 0 fully saturated rings. The third-order valence-electron chi connectivity index (χ3n) is 2.73. The second-order valence-electron chi connectivity index (χ2n) is 4.44. The van der Waals surface area contributed by atoms with Gasteiger partial charge in [0, 0.05) is 6.20 Å². The molecule has 2 aromatic rings. The molecule has 21 heavy (non-hydrogen) atoms. The highest BCUT2D eigenvalue weighted by Gasteiger charge is 2.13. The number of halogens is 2. The number of aryl methyl sites for hydroxylation is 1. The fourth-order valence-electron chi connectivity index (χ4n) is 1.74. The van der Waals surface area contributed by atoms with Gasteiger partial charge in [0.05, 0.1) is 6.42 Å². The van der Waals surface area contributed by atoms with Gasteiger partial charge in [-0.3, -0.25) is 4.79 Å². The van der Waals surface area contributed by atoms with Crippen molar-refractivity contribution in [1.82, 2.24) is 4.98 Å². The van der Waals surface area contributed by atoms with Crippen LogP contribution in [0.4, 0.5) is 14.6 Å². The van der Waals surface area contributed by atoms with Crippen molar-refractivity contribution < 1.29 is 18.3 Å². The monoisotopic (exact) mass is 292 g/mol. The van der Waals surface area contributed by atoms with Gasteiger partial charge in [-0.25, -0.2) is 4.98 Å². The molecular weight excluding hydrogens is 278 g/mol. The SMILES string of the molecule is Cc1ccc(CC(=O)Nc2ncccc2OC(F)F)cc1. The number of pyridine rings is 1. The van der Waals surface area contributed by atoms with E-state index < -0.39 is 6.61 Å². The fraction of sp³-hybridized carbons (Fsp3) is 0.200. The maximum atomic E-state index is 12.3. The predicted molar refractivity (Wildman–Crippen MR) is 74.4 cm³/mol. The van der Waals surface area contributed by atoms with Gasteiger partial charge in [-0.2, -0.15) is 8.78 Å². The van der Waals surface area contributed by atoms with Gasteiger partial charge in [-0.15, -0.1) is 0 Å². The molecule has 1 aromatic heterocycles. The molecule has 0 saturated heterocycles. The van der Waals surface area contributed by atoms with E-state index in [1.165, 1.54) is 18.3 Å². The first kappa shape index (κ1) is 14.9. The summed E-state index contributed by atoms with van der Waals surface area (Å²) in [7, 11) is 0. The first-order valence-corrected chi connectivity index (χ1v) is 6.30. The zero-order valence-electron chi connectivity index (χ0n) is 11.3. The highest BCUT2D eigenvalue weighted by atomic mass is 19.3. The summed E-state index contributed by atoms with van der Waals surface area (Å²) in [5, 5.41) is 2.47. The quantitative estimate of drug-likeness (QED) is 0.921. The van der Waals surface area contributed by atoms with Crippen molar-refractivity contribution in [2.24, 2.45) is 0 Å². The number of carbonyl (C=O) groups excluding carboxylic acids is 1. The molecule has 0 unspecified atom stereocenters. The molecular formula is C15H14F2N2O2. The Kier molecular flexibility index (Phi) is 4.81. The molecule has 0 aliphatic carbocycles. The number of amides is 1. The average Bonchev–Trinajstić information content (AvgIpc) is 2.43. The van der Waals surface area contributed by atoms with E-state index in [1.54, 1.807) is 0 Å². The van der Waals surface area contributed by atoms with Crippen LogP contribution in [0.1, 0.15) is 11.1 Å². The highest BCUT2D eigenvalue weighted by molar-refractivity contribution is 5.92. The molecule has 1 amide bonds. The van der Waals surface area contributed by atoms with Crippen molar-refractivity contribution in [3.05, 3.63) is 53.7 Å². The van der Waals surface area contributed by atoms with Crippen LogP contribution in [0.3, 0.4) is 0 Å². The maximum Gasteiger partial charge on any atom is 0.387 e. The van der Waals surface area contributed by atoms with Crippen LogP contribution < -0.4 is 10.1 Å². The lowest BCUT2D eigenvalue weighted by Gasteiger charge is -2.10. The zero-order chi connectivity index (χ0) is 15.2. The van der Waals surface area contributed by atoms with Gasteiger partial charge in [0.2, 0.25) is 5.91 Å². The molecule has 1 aromatic carbocycles. The smallest absolute Gasteiger partial charge is 0.387 e. The van der Waals surface area contributed by atoms with Crippen LogP contribution >= 0.6 is 0 Å². The minimum atomic E-state index is -2.97. The minimum Gasteiger partial charge on any atom is -0.431 e. The Hall–Kier alpha value is -2.50. The molecule has 0 saturated carbocycles. The normalized spacial score (nSPS) is 10.5. The lowest BCUT2D eigenvalue weighted by atomic mass is 10.1.